The van der Waals surface area contributed by atoms with Crippen LogP contribution in [0.3, 0.4) is 0 Å². The number of rotatable bonds is 4. The van der Waals surface area contributed by atoms with E-state index in [1.165, 1.54) is 12.1 Å². The molecule has 0 aliphatic rings. The Kier molecular flexibility index (Phi) is 3.69. The molecule has 4 heteroatoms. The van der Waals surface area contributed by atoms with Crippen LogP contribution in [0.4, 0.5) is 4.39 Å². The van der Waals surface area contributed by atoms with E-state index >= 15 is 0 Å². The van der Waals surface area contributed by atoms with Crippen LogP contribution in [0.2, 0.25) is 0 Å². The minimum absolute atomic E-state index is 0.254. The fraction of sp³-hybridized carbons (Fsp3) is 0.118. The minimum atomic E-state index is -0.254. The number of benzene rings is 2. The number of halogens is 1. The minimum Gasteiger partial charge on any atom is -0.494 e. The van der Waals surface area contributed by atoms with Gasteiger partial charge in [-0.25, -0.2) is 9.37 Å². The first-order valence-electron chi connectivity index (χ1n) is 6.80. The third kappa shape index (κ3) is 2.79. The Morgan fingerprint density at radius 2 is 1.95 bits per heavy atom. The van der Waals surface area contributed by atoms with Gasteiger partial charge in [-0.05, 0) is 43.3 Å². The molecule has 1 heterocycles. The predicted molar refractivity (Wildman–Crippen MR) is 80.1 cm³/mol. The molecule has 0 spiro atoms. The highest BCUT2D eigenvalue weighted by molar-refractivity contribution is 5.59. The van der Waals surface area contributed by atoms with Gasteiger partial charge >= 0.3 is 0 Å². The third-order valence-electron chi connectivity index (χ3n) is 3.15. The van der Waals surface area contributed by atoms with E-state index in [4.69, 9.17) is 4.74 Å². The lowest BCUT2D eigenvalue weighted by Gasteiger charge is -2.10. The molecule has 0 saturated heterocycles. The van der Waals surface area contributed by atoms with E-state index in [1.807, 2.05) is 42.0 Å². The number of hydrogen-bond donors (Lipinski definition) is 0. The molecular formula is C17H15FN2O. The van der Waals surface area contributed by atoms with Crippen LogP contribution in [0.5, 0.6) is 5.75 Å². The van der Waals surface area contributed by atoms with Crippen LogP contribution >= 0.6 is 0 Å². The molecule has 0 aliphatic heterocycles. The van der Waals surface area contributed by atoms with Crippen LogP contribution in [-0.2, 0) is 0 Å². The normalized spacial score (nSPS) is 10.6. The zero-order valence-corrected chi connectivity index (χ0v) is 11.7. The molecule has 106 valence electrons. The monoisotopic (exact) mass is 282 g/mol. The Morgan fingerprint density at radius 3 is 2.71 bits per heavy atom. The summed E-state index contributed by atoms with van der Waals surface area (Å²) in [4.78, 5) is 4.37. The largest absolute Gasteiger partial charge is 0.494 e. The molecule has 3 rings (SSSR count). The maximum atomic E-state index is 13.0. The summed E-state index contributed by atoms with van der Waals surface area (Å²) in [6.07, 6.45) is 3.61. The van der Waals surface area contributed by atoms with Crippen molar-refractivity contribution in [3.63, 3.8) is 0 Å². The summed E-state index contributed by atoms with van der Waals surface area (Å²) >= 11 is 0. The first-order chi connectivity index (χ1) is 10.3. The molecule has 0 bridgehead atoms. The van der Waals surface area contributed by atoms with E-state index in [0.29, 0.717) is 6.61 Å². The van der Waals surface area contributed by atoms with Crippen molar-refractivity contribution in [3.05, 3.63) is 66.7 Å². The van der Waals surface area contributed by atoms with Crippen molar-refractivity contribution < 1.29 is 9.13 Å². The van der Waals surface area contributed by atoms with Crippen LogP contribution in [0.25, 0.3) is 17.1 Å². The molecular weight excluding hydrogens is 267 g/mol. The van der Waals surface area contributed by atoms with Gasteiger partial charge in [-0.15, -0.1) is 0 Å². The molecule has 0 radical (unpaired) electrons. The van der Waals surface area contributed by atoms with Gasteiger partial charge in [-0.1, -0.05) is 6.07 Å². The standard InChI is InChI=1S/C17H15FN2O/c1-2-21-16-5-3-4-15(12-16)20-11-10-19-17(20)13-6-8-14(18)9-7-13/h3-12H,2H2,1H3. The Hall–Kier alpha value is -2.62. The predicted octanol–water partition coefficient (Wildman–Crippen LogP) is 4.08. The van der Waals surface area contributed by atoms with Gasteiger partial charge in [-0.3, -0.25) is 4.57 Å². The van der Waals surface area contributed by atoms with Gasteiger partial charge in [0, 0.05) is 24.0 Å². The summed E-state index contributed by atoms with van der Waals surface area (Å²) in [6, 6.07) is 14.1. The summed E-state index contributed by atoms with van der Waals surface area (Å²) in [7, 11) is 0. The number of ether oxygens (including phenoxy) is 1. The lowest BCUT2D eigenvalue weighted by Crippen LogP contribution is -1.98. The van der Waals surface area contributed by atoms with Gasteiger partial charge in [0.15, 0.2) is 0 Å². The second-order valence-corrected chi connectivity index (χ2v) is 4.56. The molecule has 0 saturated carbocycles. The van der Waals surface area contributed by atoms with Gasteiger partial charge in [0.1, 0.15) is 17.4 Å². The van der Waals surface area contributed by atoms with E-state index < -0.39 is 0 Å². The van der Waals surface area contributed by atoms with Crippen LogP contribution < -0.4 is 4.74 Å². The highest BCUT2D eigenvalue weighted by Gasteiger charge is 2.08. The lowest BCUT2D eigenvalue weighted by molar-refractivity contribution is 0.340. The highest BCUT2D eigenvalue weighted by atomic mass is 19.1. The molecule has 0 unspecified atom stereocenters. The van der Waals surface area contributed by atoms with Crippen LogP contribution in [-0.4, -0.2) is 16.2 Å². The number of nitrogens with zero attached hydrogens (tertiary/aromatic N) is 2. The highest BCUT2D eigenvalue weighted by Crippen LogP contribution is 2.24. The quantitative estimate of drug-likeness (QED) is 0.721. The molecule has 2 aromatic carbocycles. The fourth-order valence-electron chi connectivity index (χ4n) is 2.21. The Labute approximate surface area is 122 Å². The number of hydrogen-bond acceptors (Lipinski definition) is 2. The van der Waals surface area contributed by atoms with Crippen LogP contribution in [0.15, 0.2) is 60.9 Å². The summed E-state index contributed by atoms with van der Waals surface area (Å²) < 4.78 is 20.5. The van der Waals surface area contributed by atoms with Crippen molar-refractivity contribution >= 4 is 0 Å². The van der Waals surface area contributed by atoms with E-state index in [0.717, 1.165) is 22.8 Å². The van der Waals surface area contributed by atoms with E-state index in [-0.39, 0.29) is 5.82 Å². The summed E-state index contributed by atoms with van der Waals surface area (Å²) in [5, 5.41) is 0. The average Bonchev–Trinajstić information content (AvgIpc) is 2.98. The second-order valence-electron chi connectivity index (χ2n) is 4.56. The molecule has 1 aromatic heterocycles. The SMILES string of the molecule is CCOc1cccc(-n2ccnc2-c2ccc(F)cc2)c1. The Balaban J connectivity index is 2.02. The number of aromatic nitrogens is 2. The summed E-state index contributed by atoms with van der Waals surface area (Å²) in [5.41, 5.74) is 1.82. The zero-order chi connectivity index (χ0) is 14.7. The fourth-order valence-corrected chi connectivity index (χ4v) is 2.21. The van der Waals surface area contributed by atoms with Crippen molar-refractivity contribution in [1.82, 2.24) is 9.55 Å². The van der Waals surface area contributed by atoms with Crippen molar-refractivity contribution in [2.24, 2.45) is 0 Å². The maximum absolute atomic E-state index is 13.0. The molecule has 0 fully saturated rings. The van der Waals surface area contributed by atoms with E-state index in [9.17, 15) is 4.39 Å². The lowest BCUT2D eigenvalue weighted by atomic mass is 10.2. The van der Waals surface area contributed by atoms with Gasteiger partial charge in [0.2, 0.25) is 0 Å². The molecule has 21 heavy (non-hydrogen) atoms. The second kappa shape index (κ2) is 5.79. The average molecular weight is 282 g/mol. The topological polar surface area (TPSA) is 27.1 Å². The summed E-state index contributed by atoms with van der Waals surface area (Å²) in [5.74, 6) is 1.33. The van der Waals surface area contributed by atoms with Gasteiger partial charge in [-0.2, -0.15) is 0 Å². The smallest absolute Gasteiger partial charge is 0.144 e. The van der Waals surface area contributed by atoms with E-state index in [1.54, 1.807) is 18.3 Å². The molecule has 3 nitrogen and oxygen atoms in total. The van der Waals surface area contributed by atoms with E-state index in [2.05, 4.69) is 4.98 Å². The van der Waals surface area contributed by atoms with Crippen molar-refractivity contribution in [1.29, 1.82) is 0 Å². The molecule has 0 N–H and O–H groups in total. The third-order valence-corrected chi connectivity index (χ3v) is 3.15. The first-order valence-corrected chi connectivity index (χ1v) is 6.80. The van der Waals surface area contributed by atoms with Crippen LogP contribution in [0.1, 0.15) is 6.92 Å². The molecule has 3 aromatic rings. The van der Waals surface area contributed by atoms with Crippen LogP contribution in [0, 0.1) is 5.82 Å². The van der Waals surface area contributed by atoms with Gasteiger partial charge < -0.3 is 4.74 Å². The first kappa shape index (κ1) is 13.4. The van der Waals surface area contributed by atoms with Gasteiger partial charge in [0.05, 0.1) is 12.3 Å². The Bertz CT molecular complexity index is 735. The molecule has 0 atom stereocenters. The zero-order valence-electron chi connectivity index (χ0n) is 11.7. The van der Waals surface area contributed by atoms with Gasteiger partial charge in [0.25, 0.3) is 0 Å². The number of imidazole rings is 1. The summed E-state index contributed by atoms with van der Waals surface area (Å²) in [6.45, 7) is 2.58. The van der Waals surface area contributed by atoms with Crippen molar-refractivity contribution in [2.75, 3.05) is 6.61 Å². The molecule has 0 amide bonds. The molecule has 0 aliphatic carbocycles. The van der Waals surface area contributed by atoms with Crippen molar-refractivity contribution in [3.8, 4) is 22.8 Å². The maximum Gasteiger partial charge on any atom is 0.144 e. The van der Waals surface area contributed by atoms with Crippen molar-refractivity contribution in [2.45, 2.75) is 6.92 Å². The Morgan fingerprint density at radius 1 is 1.14 bits per heavy atom.